The molecule has 2 heterocycles. The average molecular weight is 410 g/mol. The van der Waals surface area contributed by atoms with Crippen LogP contribution in [0.2, 0.25) is 0 Å². The number of nitrogens with zero attached hydrogens (tertiary/aromatic N) is 3. The summed E-state index contributed by atoms with van der Waals surface area (Å²) in [6.07, 6.45) is 5.11. The second kappa shape index (κ2) is 12.9. The molecule has 1 aromatic heterocycles. The van der Waals surface area contributed by atoms with Gasteiger partial charge in [0, 0.05) is 44.8 Å². The van der Waals surface area contributed by atoms with Crippen LogP contribution in [0.5, 0.6) is 0 Å². The molecule has 0 spiro atoms. The van der Waals surface area contributed by atoms with E-state index in [2.05, 4.69) is 51.7 Å². The lowest BCUT2D eigenvalue weighted by Crippen LogP contribution is -2.40. The summed E-state index contributed by atoms with van der Waals surface area (Å²) in [6, 6.07) is 16.3. The molecular weight excluding hydrogens is 374 g/mol. The third-order valence-electron chi connectivity index (χ3n) is 5.20. The first-order valence-electron chi connectivity index (χ1n) is 11.1. The smallest absolute Gasteiger partial charge is 0.193 e. The molecule has 162 valence electrons. The van der Waals surface area contributed by atoms with Gasteiger partial charge in [0.15, 0.2) is 5.96 Å². The fourth-order valence-electron chi connectivity index (χ4n) is 3.61. The molecule has 0 bridgehead atoms. The average Bonchev–Trinajstić information content (AvgIpc) is 3.25. The first kappa shape index (κ1) is 22.1. The maximum absolute atomic E-state index is 5.95. The van der Waals surface area contributed by atoms with E-state index >= 15 is 0 Å². The molecule has 3 rings (SSSR count). The lowest BCUT2D eigenvalue weighted by Gasteiger charge is -2.21. The highest BCUT2D eigenvalue weighted by Gasteiger charge is 2.24. The largest absolute Gasteiger partial charge is 0.376 e. The summed E-state index contributed by atoms with van der Waals surface area (Å²) in [5.41, 5.74) is 1.24. The van der Waals surface area contributed by atoms with Crippen LogP contribution in [0.1, 0.15) is 31.7 Å². The number of pyridine rings is 1. The summed E-state index contributed by atoms with van der Waals surface area (Å²) in [6.45, 7) is 8.36. The van der Waals surface area contributed by atoms with E-state index in [4.69, 9.17) is 9.73 Å². The van der Waals surface area contributed by atoms with Crippen molar-refractivity contribution in [1.29, 1.82) is 0 Å². The van der Waals surface area contributed by atoms with E-state index in [9.17, 15) is 0 Å². The first-order valence-corrected chi connectivity index (χ1v) is 11.1. The van der Waals surface area contributed by atoms with Gasteiger partial charge in [-0.05, 0) is 43.9 Å². The van der Waals surface area contributed by atoms with Gasteiger partial charge in [-0.2, -0.15) is 0 Å². The molecule has 30 heavy (non-hydrogen) atoms. The van der Waals surface area contributed by atoms with Gasteiger partial charge in [0.25, 0.3) is 0 Å². The van der Waals surface area contributed by atoms with Crippen molar-refractivity contribution in [3.05, 3.63) is 60.3 Å². The second-order valence-electron chi connectivity index (χ2n) is 7.69. The summed E-state index contributed by atoms with van der Waals surface area (Å²) in [7, 11) is 0. The van der Waals surface area contributed by atoms with E-state index in [-0.39, 0.29) is 0 Å². The number of hydrogen-bond acceptors (Lipinski definition) is 4. The standard InChI is InChI=1S/C24H35N5O/c1-2-25-24(28-16-9-8-15-27-23-12-6-7-14-26-23)29-17-13-22(18-29)20-30-19-21-10-4-3-5-11-21/h3-7,10-12,14,22H,2,8-9,13,15-20H2,1H3,(H,25,28)(H,26,27). The molecule has 1 saturated heterocycles. The monoisotopic (exact) mass is 409 g/mol. The Bertz CT molecular complexity index is 738. The fraction of sp³-hybridized carbons (Fsp3) is 0.500. The molecule has 0 aliphatic carbocycles. The van der Waals surface area contributed by atoms with Gasteiger partial charge in [-0.3, -0.25) is 4.99 Å². The summed E-state index contributed by atoms with van der Waals surface area (Å²) < 4.78 is 5.95. The maximum Gasteiger partial charge on any atom is 0.193 e. The van der Waals surface area contributed by atoms with Crippen molar-refractivity contribution < 1.29 is 4.74 Å². The SMILES string of the molecule is CCNC(=NCCCCNc1ccccn1)N1CCC(COCc2ccccc2)C1. The number of unbranched alkanes of at least 4 members (excludes halogenated alkanes) is 1. The van der Waals surface area contributed by atoms with Crippen molar-refractivity contribution in [2.24, 2.45) is 10.9 Å². The molecule has 2 N–H and O–H groups in total. The Balaban J connectivity index is 1.34. The van der Waals surface area contributed by atoms with Gasteiger partial charge in [0.2, 0.25) is 0 Å². The van der Waals surface area contributed by atoms with Crippen LogP contribution >= 0.6 is 0 Å². The van der Waals surface area contributed by atoms with E-state index in [0.717, 1.165) is 70.4 Å². The molecule has 0 amide bonds. The Morgan fingerprint density at radius 2 is 2.03 bits per heavy atom. The molecule has 6 heteroatoms. The van der Waals surface area contributed by atoms with E-state index < -0.39 is 0 Å². The molecule has 1 aromatic carbocycles. The summed E-state index contributed by atoms with van der Waals surface area (Å²) in [5.74, 6) is 2.55. The third kappa shape index (κ3) is 7.67. The van der Waals surface area contributed by atoms with E-state index in [0.29, 0.717) is 12.5 Å². The molecule has 6 nitrogen and oxygen atoms in total. The van der Waals surface area contributed by atoms with Gasteiger partial charge in [0.05, 0.1) is 13.2 Å². The van der Waals surface area contributed by atoms with E-state index in [1.54, 1.807) is 0 Å². The number of likely N-dealkylation sites (tertiary alicyclic amines) is 1. The summed E-state index contributed by atoms with van der Waals surface area (Å²) in [4.78, 5) is 11.5. The molecule has 1 unspecified atom stereocenters. The fourth-order valence-corrected chi connectivity index (χ4v) is 3.61. The van der Waals surface area contributed by atoms with Crippen LogP contribution in [0.3, 0.4) is 0 Å². The molecule has 1 aliphatic rings. The Kier molecular flexibility index (Phi) is 9.47. The zero-order chi connectivity index (χ0) is 20.9. The van der Waals surface area contributed by atoms with Gasteiger partial charge in [-0.15, -0.1) is 0 Å². The number of rotatable bonds is 11. The van der Waals surface area contributed by atoms with Crippen molar-refractivity contribution in [2.75, 3.05) is 44.6 Å². The molecule has 0 radical (unpaired) electrons. The second-order valence-corrected chi connectivity index (χ2v) is 7.69. The van der Waals surface area contributed by atoms with Crippen molar-refractivity contribution in [3.63, 3.8) is 0 Å². The lowest BCUT2D eigenvalue weighted by molar-refractivity contribution is 0.0907. The normalized spacial score (nSPS) is 16.6. The minimum atomic E-state index is 0.570. The van der Waals surface area contributed by atoms with Gasteiger partial charge in [-0.25, -0.2) is 4.98 Å². The molecule has 1 atom stereocenters. The van der Waals surface area contributed by atoms with Crippen LogP contribution in [-0.2, 0) is 11.3 Å². The lowest BCUT2D eigenvalue weighted by atomic mass is 10.1. The van der Waals surface area contributed by atoms with Crippen LogP contribution in [0.4, 0.5) is 5.82 Å². The van der Waals surface area contributed by atoms with Gasteiger partial charge in [0.1, 0.15) is 5.82 Å². The minimum absolute atomic E-state index is 0.570. The Hall–Kier alpha value is -2.60. The Morgan fingerprint density at radius 1 is 1.17 bits per heavy atom. The quantitative estimate of drug-likeness (QED) is 0.336. The van der Waals surface area contributed by atoms with Crippen molar-refractivity contribution in [1.82, 2.24) is 15.2 Å². The van der Waals surface area contributed by atoms with Crippen molar-refractivity contribution >= 4 is 11.8 Å². The van der Waals surface area contributed by atoms with E-state index in [1.165, 1.54) is 5.56 Å². The third-order valence-corrected chi connectivity index (χ3v) is 5.20. The van der Waals surface area contributed by atoms with Crippen LogP contribution in [-0.4, -0.2) is 55.2 Å². The number of hydrogen-bond donors (Lipinski definition) is 2. The molecule has 2 aromatic rings. The topological polar surface area (TPSA) is 61.8 Å². The maximum atomic E-state index is 5.95. The zero-order valence-electron chi connectivity index (χ0n) is 18.1. The van der Waals surface area contributed by atoms with Gasteiger partial charge >= 0.3 is 0 Å². The minimum Gasteiger partial charge on any atom is -0.376 e. The highest BCUT2D eigenvalue weighted by Crippen LogP contribution is 2.17. The number of aromatic nitrogens is 1. The number of aliphatic imine (C=N–C) groups is 1. The Labute approximate surface area is 180 Å². The summed E-state index contributed by atoms with van der Waals surface area (Å²) >= 11 is 0. The predicted molar refractivity (Wildman–Crippen MR) is 124 cm³/mol. The molecule has 0 saturated carbocycles. The van der Waals surface area contributed by atoms with Gasteiger partial charge < -0.3 is 20.3 Å². The van der Waals surface area contributed by atoms with E-state index in [1.807, 2.05) is 30.5 Å². The molecule has 1 fully saturated rings. The number of nitrogens with one attached hydrogen (secondary N) is 2. The van der Waals surface area contributed by atoms with Crippen LogP contribution in [0.25, 0.3) is 0 Å². The summed E-state index contributed by atoms with van der Waals surface area (Å²) in [5, 5.41) is 6.80. The first-order chi connectivity index (χ1) is 14.8. The number of guanidine groups is 1. The number of ether oxygens (including phenoxy) is 1. The Morgan fingerprint density at radius 3 is 2.83 bits per heavy atom. The van der Waals surface area contributed by atoms with Crippen molar-refractivity contribution in [2.45, 2.75) is 32.8 Å². The number of benzene rings is 1. The number of anilines is 1. The van der Waals surface area contributed by atoms with Crippen LogP contribution in [0, 0.1) is 5.92 Å². The van der Waals surface area contributed by atoms with Crippen molar-refractivity contribution in [3.8, 4) is 0 Å². The highest BCUT2D eigenvalue weighted by molar-refractivity contribution is 5.80. The van der Waals surface area contributed by atoms with Crippen LogP contribution in [0.15, 0.2) is 59.7 Å². The molecular formula is C24H35N5O. The highest BCUT2D eigenvalue weighted by atomic mass is 16.5. The van der Waals surface area contributed by atoms with Gasteiger partial charge in [-0.1, -0.05) is 36.4 Å². The predicted octanol–water partition coefficient (Wildman–Crippen LogP) is 3.78. The molecule has 1 aliphatic heterocycles. The zero-order valence-corrected chi connectivity index (χ0v) is 18.1. The van der Waals surface area contributed by atoms with Crippen LogP contribution < -0.4 is 10.6 Å².